The molecule has 11 nitrogen and oxygen atoms in total. The van der Waals surface area contributed by atoms with Gasteiger partial charge in [0.2, 0.25) is 24.1 Å². The zero-order valence-corrected chi connectivity index (χ0v) is 16.2. The van der Waals surface area contributed by atoms with E-state index >= 15 is 0 Å². The lowest BCUT2D eigenvalue weighted by Crippen LogP contribution is -2.57. The van der Waals surface area contributed by atoms with Gasteiger partial charge in [-0.25, -0.2) is 0 Å². The third-order valence-corrected chi connectivity index (χ3v) is 4.55. The Morgan fingerprint density at radius 3 is 2.29 bits per heavy atom. The Bertz CT molecular complexity index is 601. The number of carbonyl (C=O) groups excluding carboxylic acids is 4. The van der Waals surface area contributed by atoms with Crippen LogP contribution in [0.15, 0.2) is 0 Å². The highest BCUT2D eigenvalue weighted by molar-refractivity contribution is 5.91. The summed E-state index contributed by atoms with van der Waals surface area (Å²) in [6.07, 6.45) is 1.02. The predicted octanol–water partition coefficient (Wildman–Crippen LogP) is -2.22. The van der Waals surface area contributed by atoms with E-state index in [0.29, 0.717) is 12.8 Å². The molecule has 0 radical (unpaired) electrons. The molecule has 4 amide bonds. The van der Waals surface area contributed by atoms with Crippen LogP contribution in [0.3, 0.4) is 0 Å². The molecule has 1 atom stereocenters. The maximum atomic E-state index is 12.4. The zero-order chi connectivity index (χ0) is 21.3. The summed E-state index contributed by atoms with van der Waals surface area (Å²) < 4.78 is 0. The zero-order valence-electron chi connectivity index (χ0n) is 16.2. The second kappa shape index (κ2) is 10.6. The molecule has 1 aliphatic heterocycles. The van der Waals surface area contributed by atoms with Crippen molar-refractivity contribution in [3.8, 4) is 0 Å². The van der Waals surface area contributed by atoms with Crippen molar-refractivity contribution in [2.24, 2.45) is 11.7 Å². The minimum atomic E-state index is -1.33. The van der Waals surface area contributed by atoms with E-state index in [0.717, 1.165) is 0 Å². The van der Waals surface area contributed by atoms with Crippen LogP contribution < -0.4 is 21.7 Å². The summed E-state index contributed by atoms with van der Waals surface area (Å²) in [7, 11) is 0. The molecule has 0 spiro atoms. The molecule has 11 heteroatoms. The number of carboxylic acids is 1. The molecule has 0 aromatic heterocycles. The van der Waals surface area contributed by atoms with Crippen molar-refractivity contribution in [2.45, 2.75) is 44.7 Å². The lowest BCUT2D eigenvalue weighted by atomic mass is 9.89. The average Bonchev–Trinajstić information content (AvgIpc) is 2.63. The Hall–Kier alpha value is -2.69. The minimum absolute atomic E-state index is 0.113. The molecule has 1 fully saturated rings. The summed E-state index contributed by atoms with van der Waals surface area (Å²) >= 11 is 0. The van der Waals surface area contributed by atoms with Gasteiger partial charge in [-0.2, -0.15) is 0 Å². The number of nitrogens with one attached hydrogen (secondary N) is 3. The van der Waals surface area contributed by atoms with Crippen LogP contribution in [0.1, 0.15) is 33.1 Å². The standard InChI is InChI=1S/C17H29N5O6/c1-11(2)7-12(21-13(24)8-19-10-23)15(26)20-9-14(25)22-5-3-17(18,4-6-22)16(27)28/h10-12H,3-9,18H2,1-2H3,(H,19,23)(H,20,26)(H,21,24)(H,27,28). The number of carboxylic acid groups (broad SMARTS) is 1. The fourth-order valence-electron chi connectivity index (χ4n) is 2.85. The van der Waals surface area contributed by atoms with E-state index in [-0.39, 0.29) is 50.8 Å². The fraction of sp³-hybridized carbons (Fsp3) is 0.706. The smallest absolute Gasteiger partial charge is 0.323 e. The van der Waals surface area contributed by atoms with Crippen LogP contribution in [0.25, 0.3) is 0 Å². The second-order valence-corrected chi connectivity index (χ2v) is 7.31. The average molecular weight is 399 g/mol. The lowest BCUT2D eigenvalue weighted by molar-refractivity contribution is -0.147. The largest absolute Gasteiger partial charge is 0.480 e. The van der Waals surface area contributed by atoms with E-state index in [9.17, 15) is 24.0 Å². The number of amides is 4. The summed E-state index contributed by atoms with van der Waals surface area (Å²) in [6.45, 7) is 3.65. The SMILES string of the molecule is CC(C)CC(NC(=O)CNC=O)C(=O)NCC(=O)N1CCC(N)(C(=O)O)CC1. The van der Waals surface area contributed by atoms with Gasteiger partial charge in [-0.05, 0) is 25.2 Å². The van der Waals surface area contributed by atoms with Crippen molar-refractivity contribution >= 4 is 30.1 Å². The van der Waals surface area contributed by atoms with Crippen LogP contribution in [0, 0.1) is 5.92 Å². The molecular formula is C17H29N5O6. The van der Waals surface area contributed by atoms with Gasteiger partial charge in [-0.15, -0.1) is 0 Å². The molecule has 0 aromatic carbocycles. The Morgan fingerprint density at radius 2 is 1.79 bits per heavy atom. The maximum Gasteiger partial charge on any atom is 0.323 e. The summed E-state index contributed by atoms with van der Waals surface area (Å²) in [5.74, 6) is -2.34. The van der Waals surface area contributed by atoms with Crippen molar-refractivity contribution in [3.63, 3.8) is 0 Å². The summed E-state index contributed by atoms with van der Waals surface area (Å²) in [4.78, 5) is 59.3. The first-order valence-corrected chi connectivity index (χ1v) is 9.13. The fourth-order valence-corrected chi connectivity index (χ4v) is 2.85. The highest BCUT2D eigenvalue weighted by atomic mass is 16.4. The number of likely N-dealkylation sites (tertiary alicyclic amines) is 1. The van der Waals surface area contributed by atoms with Crippen LogP contribution in [-0.2, 0) is 24.0 Å². The van der Waals surface area contributed by atoms with Gasteiger partial charge in [0.15, 0.2) is 0 Å². The first kappa shape index (κ1) is 23.3. The maximum absolute atomic E-state index is 12.4. The Morgan fingerprint density at radius 1 is 1.18 bits per heavy atom. The quantitative estimate of drug-likeness (QED) is 0.259. The third-order valence-electron chi connectivity index (χ3n) is 4.55. The highest BCUT2D eigenvalue weighted by Gasteiger charge is 2.38. The molecule has 0 bridgehead atoms. The lowest BCUT2D eigenvalue weighted by Gasteiger charge is -2.36. The number of aliphatic carboxylic acids is 1. The number of nitrogens with zero attached hydrogens (tertiary/aromatic N) is 1. The van der Waals surface area contributed by atoms with Crippen LogP contribution in [0.5, 0.6) is 0 Å². The van der Waals surface area contributed by atoms with E-state index in [1.165, 1.54) is 4.90 Å². The number of carbonyl (C=O) groups is 5. The molecule has 0 aliphatic carbocycles. The van der Waals surface area contributed by atoms with Crippen molar-refractivity contribution < 1.29 is 29.1 Å². The molecule has 28 heavy (non-hydrogen) atoms. The number of nitrogens with two attached hydrogens (primary N) is 1. The van der Waals surface area contributed by atoms with Gasteiger partial charge in [0.05, 0.1) is 13.1 Å². The van der Waals surface area contributed by atoms with Crippen LogP contribution in [0.4, 0.5) is 0 Å². The number of piperidine rings is 1. The topological polar surface area (TPSA) is 171 Å². The molecular weight excluding hydrogens is 370 g/mol. The highest BCUT2D eigenvalue weighted by Crippen LogP contribution is 2.19. The molecule has 0 saturated carbocycles. The van der Waals surface area contributed by atoms with Crippen LogP contribution in [-0.4, -0.2) is 77.9 Å². The normalized spacial score (nSPS) is 16.8. The van der Waals surface area contributed by atoms with Gasteiger partial charge in [0.1, 0.15) is 11.6 Å². The first-order valence-electron chi connectivity index (χ1n) is 9.13. The monoisotopic (exact) mass is 399 g/mol. The van der Waals surface area contributed by atoms with Crippen molar-refractivity contribution in [2.75, 3.05) is 26.2 Å². The number of hydrogen-bond donors (Lipinski definition) is 5. The van der Waals surface area contributed by atoms with E-state index in [2.05, 4.69) is 16.0 Å². The molecule has 0 aromatic rings. The molecule has 6 N–H and O–H groups in total. The third kappa shape index (κ3) is 7.14. The van der Waals surface area contributed by atoms with E-state index in [4.69, 9.17) is 10.8 Å². The molecule has 1 saturated heterocycles. The molecule has 1 aliphatic rings. The number of hydrogen-bond acceptors (Lipinski definition) is 6. The summed E-state index contributed by atoms with van der Waals surface area (Å²) in [5, 5.41) is 16.4. The van der Waals surface area contributed by atoms with Gasteiger partial charge in [0.25, 0.3) is 0 Å². The van der Waals surface area contributed by atoms with E-state index in [1.54, 1.807) is 0 Å². The molecule has 1 rings (SSSR count). The molecule has 1 unspecified atom stereocenters. The second-order valence-electron chi connectivity index (χ2n) is 7.31. The van der Waals surface area contributed by atoms with Gasteiger partial charge in [-0.3, -0.25) is 24.0 Å². The van der Waals surface area contributed by atoms with Crippen LogP contribution >= 0.6 is 0 Å². The Balaban J connectivity index is 2.54. The first-order chi connectivity index (χ1) is 13.1. The Labute approximate surface area is 163 Å². The van der Waals surface area contributed by atoms with E-state index in [1.807, 2.05) is 13.8 Å². The van der Waals surface area contributed by atoms with Gasteiger partial charge >= 0.3 is 5.97 Å². The Kier molecular flexibility index (Phi) is 8.83. The van der Waals surface area contributed by atoms with Gasteiger partial charge in [-0.1, -0.05) is 13.8 Å². The predicted molar refractivity (Wildman–Crippen MR) is 98.8 cm³/mol. The van der Waals surface area contributed by atoms with Crippen molar-refractivity contribution in [1.82, 2.24) is 20.9 Å². The molecule has 158 valence electrons. The van der Waals surface area contributed by atoms with Crippen LogP contribution in [0.2, 0.25) is 0 Å². The minimum Gasteiger partial charge on any atom is -0.480 e. The molecule has 1 heterocycles. The van der Waals surface area contributed by atoms with Crippen molar-refractivity contribution in [1.29, 1.82) is 0 Å². The van der Waals surface area contributed by atoms with Gasteiger partial charge in [0, 0.05) is 13.1 Å². The summed E-state index contributed by atoms with van der Waals surface area (Å²) in [6, 6.07) is -0.834. The van der Waals surface area contributed by atoms with Gasteiger partial charge < -0.3 is 31.7 Å². The summed E-state index contributed by atoms with van der Waals surface area (Å²) in [5.41, 5.74) is 4.45. The van der Waals surface area contributed by atoms with E-state index < -0.39 is 29.4 Å². The van der Waals surface area contributed by atoms with Crippen molar-refractivity contribution in [3.05, 3.63) is 0 Å². The number of rotatable bonds is 10.